The zero-order valence-corrected chi connectivity index (χ0v) is 16.6. The molecule has 3 heterocycles. The summed E-state index contributed by atoms with van der Waals surface area (Å²) >= 11 is 1.52. The standard InChI is InChI=1S/C21H22N2O4S/c1-11-9-27-20(22-11)18-14-6-7-26-10-16(14)28-21(18)23-19(25)17-13-4-2-12(3-5-13)15(17)8-24/h8-9,12-13H,2-7,10H2,1H3,(H,23,25). The predicted octanol–water partition coefficient (Wildman–Crippen LogP) is 4.04. The fourth-order valence-electron chi connectivity index (χ4n) is 4.81. The molecule has 1 fully saturated rings. The van der Waals surface area contributed by atoms with Crippen molar-refractivity contribution in [2.75, 3.05) is 11.9 Å². The highest BCUT2D eigenvalue weighted by atomic mass is 32.1. The van der Waals surface area contributed by atoms with Gasteiger partial charge in [0.2, 0.25) is 5.89 Å². The normalized spacial score (nSPS) is 23.6. The first kappa shape index (κ1) is 17.8. The summed E-state index contributed by atoms with van der Waals surface area (Å²) < 4.78 is 11.3. The van der Waals surface area contributed by atoms with E-state index < -0.39 is 0 Å². The molecule has 0 saturated heterocycles. The molecule has 0 unspecified atom stereocenters. The van der Waals surface area contributed by atoms with Crippen LogP contribution in [0.5, 0.6) is 0 Å². The molecule has 0 radical (unpaired) electrons. The SMILES string of the molecule is Cc1coc(-c2c(NC(=O)C3=C(C=O)C4CCC3CC4)sc3c2CCOC3)n1. The Balaban J connectivity index is 1.54. The average Bonchev–Trinajstić information content (AvgIpc) is 3.30. The first-order valence-electron chi connectivity index (χ1n) is 9.81. The van der Waals surface area contributed by atoms with E-state index in [1.807, 2.05) is 6.92 Å². The number of carbonyl (C=O) groups is 2. The second kappa shape index (κ2) is 6.97. The highest BCUT2D eigenvalue weighted by Crippen LogP contribution is 2.46. The number of thiophene rings is 1. The van der Waals surface area contributed by atoms with Crippen LogP contribution in [0.2, 0.25) is 0 Å². The molecule has 0 spiro atoms. The number of allylic oxidation sites excluding steroid dienone is 1. The number of amides is 1. The second-order valence-electron chi connectivity index (χ2n) is 7.79. The van der Waals surface area contributed by atoms with Crippen LogP contribution in [0.1, 0.15) is 41.8 Å². The van der Waals surface area contributed by atoms with E-state index in [1.165, 1.54) is 11.3 Å². The van der Waals surface area contributed by atoms with Crippen LogP contribution in [0, 0.1) is 18.8 Å². The van der Waals surface area contributed by atoms with Gasteiger partial charge >= 0.3 is 0 Å². The van der Waals surface area contributed by atoms with Gasteiger partial charge < -0.3 is 14.5 Å². The van der Waals surface area contributed by atoms with Crippen molar-refractivity contribution in [3.63, 3.8) is 0 Å². The molecule has 1 saturated carbocycles. The molecule has 0 atom stereocenters. The molecule has 7 heteroatoms. The number of oxazole rings is 1. The smallest absolute Gasteiger partial charge is 0.252 e. The van der Waals surface area contributed by atoms with Crippen molar-refractivity contribution in [1.29, 1.82) is 0 Å². The summed E-state index contributed by atoms with van der Waals surface area (Å²) in [7, 11) is 0. The fraction of sp³-hybridized carbons (Fsp3) is 0.476. The van der Waals surface area contributed by atoms with Crippen LogP contribution in [0.4, 0.5) is 5.00 Å². The average molecular weight is 398 g/mol. The van der Waals surface area contributed by atoms with Crippen LogP contribution < -0.4 is 5.32 Å². The Hall–Kier alpha value is -2.25. The van der Waals surface area contributed by atoms with Crippen molar-refractivity contribution in [3.8, 4) is 11.5 Å². The van der Waals surface area contributed by atoms with E-state index >= 15 is 0 Å². The number of rotatable bonds is 4. The lowest BCUT2D eigenvalue weighted by atomic mass is 9.67. The minimum Gasteiger partial charge on any atom is -0.444 e. The van der Waals surface area contributed by atoms with Crippen LogP contribution in [0.25, 0.3) is 11.5 Å². The third-order valence-corrected chi connectivity index (χ3v) is 7.26. The Morgan fingerprint density at radius 2 is 2.07 bits per heavy atom. The number of fused-ring (bicyclic) bond motifs is 3. The summed E-state index contributed by atoms with van der Waals surface area (Å²) in [4.78, 5) is 30.5. The highest BCUT2D eigenvalue weighted by molar-refractivity contribution is 7.17. The Labute approximate surface area is 167 Å². The van der Waals surface area contributed by atoms with Gasteiger partial charge in [0.25, 0.3) is 5.91 Å². The van der Waals surface area contributed by atoms with E-state index in [0.29, 0.717) is 30.3 Å². The van der Waals surface area contributed by atoms with E-state index in [4.69, 9.17) is 9.15 Å². The monoisotopic (exact) mass is 398 g/mol. The van der Waals surface area contributed by atoms with E-state index in [2.05, 4.69) is 10.3 Å². The van der Waals surface area contributed by atoms with Crippen molar-refractivity contribution >= 4 is 28.5 Å². The summed E-state index contributed by atoms with van der Waals surface area (Å²) in [5.74, 6) is 0.806. The molecule has 3 aliphatic carbocycles. The van der Waals surface area contributed by atoms with Crippen molar-refractivity contribution in [3.05, 3.63) is 33.5 Å². The summed E-state index contributed by atoms with van der Waals surface area (Å²) in [5.41, 5.74) is 4.20. The number of nitrogens with one attached hydrogen (secondary N) is 1. The van der Waals surface area contributed by atoms with E-state index in [-0.39, 0.29) is 17.7 Å². The predicted molar refractivity (Wildman–Crippen MR) is 105 cm³/mol. The van der Waals surface area contributed by atoms with Gasteiger partial charge in [0, 0.05) is 16.0 Å². The van der Waals surface area contributed by atoms with Gasteiger partial charge in [-0.05, 0) is 56.4 Å². The van der Waals surface area contributed by atoms with Crippen molar-refractivity contribution in [2.24, 2.45) is 11.8 Å². The van der Waals surface area contributed by atoms with E-state index in [1.54, 1.807) is 6.26 Å². The molecule has 28 heavy (non-hydrogen) atoms. The first-order chi connectivity index (χ1) is 13.7. The molecule has 6 rings (SSSR count). The van der Waals surface area contributed by atoms with Crippen LogP contribution >= 0.6 is 11.3 Å². The van der Waals surface area contributed by atoms with Crippen LogP contribution in [0.3, 0.4) is 0 Å². The first-order valence-corrected chi connectivity index (χ1v) is 10.6. The van der Waals surface area contributed by atoms with Gasteiger partial charge in [-0.1, -0.05) is 0 Å². The fourth-order valence-corrected chi connectivity index (χ4v) is 5.98. The third-order valence-electron chi connectivity index (χ3n) is 6.14. The number of carbonyl (C=O) groups excluding carboxylic acids is 2. The number of anilines is 1. The molecular weight excluding hydrogens is 376 g/mol. The lowest BCUT2D eigenvalue weighted by Gasteiger charge is -2.37. The molecule has 1 N–H and O–H groups in total. The minimum atomic E-state index is -0.152. The summed E-state index contributed by atoms with van der Waals surface area (Å²) in [5, 5.41) is 3.84. The molecule has 0 aromatic carbocycles. The van der Waals surface area contributed by atoms with Crippen molar-refractivity contribution in [1.82, 2.24) is 4.98 Å². The quantitative estimate of drug-likeness (QED) is 0.786. The molecule has 1 amide bonds. The van der Waals surface area contributed by atoms with Gasteiger partial charge in [-0.25, -0.2) is 4.98 Å². The largest absolute Gasteiger partial charge is 0.444 e. The van der Waals surface area contributed by atoms with Crippen LogP contribution in [0.15, 0.2) is 21.8 Å². The van der Waals surface area contributed by atoms with Crippen molar-refractivity contribution < 1.29 is 18.7 Å². The van der Waals surface area contributed by atoms with Gasteiger partial charge in [0.15, 0.2) is 0 Å². The van der Waals surface area contributed by atoms with Gasteiger partial charge in [-0.2, -0.15) is 0 Å². The molecular formula is C21H22N2O4S. The number of hydrogen-bond acceptors (Lipinski definition) is 6. The zero-order chi connectivity index (χ0) is 19.3. The Morgan fingerprint density at radius 3 is 2.79 bits per heavy atom. The molecule has 146 valence electrons. The van der Waals surface area contributed by atoms with Gasteiger partial charge in [-0.15, -0.1) is 11.3 Å². The second-order valence-corrected chi connectivity index (χ2v) is 8.90. The number of hydrogen-bond donors (Lipinski definition) is 1. The summed E-state index contributed by atoms with van der Waals surface area (Å²) in [6, 6.07) is 0. The van der Waals surface area contributed by atoms with Gasteiger partial charge in [0.1, 0.15) is 17.6 Å². The summed E-state index contributed by atoms with van der Waals surface area (Å²) in [6.45, 7) is 3.07. The number of ether oxygens (including phenoxy) is 1. The molecule has 2 aromatic heterocycles. The summed E-state index contributed by atoms with van der Waals surface area (Å²) in [6.07, 6.45) is 7.30. The molecule has 1 aliphatic heterocycles. The Bertz CT molecular complexity index is 979. The van der Waals surface area contributed by atoms with Crippen molar-refractivity contribution in [2.45, 2.75) is 45.6 Å². The number of nitrogens with zero attached hydrogens (tertiary/aromatic N) is 1. The van der Waals surface area contributed by atoms with Crippen LogP contribution in [-0.4, -0.2) is 23.8 Å². The third kappa shape index (κ3) is 2.84. The van der Waals surface area contributed by atoms with E-state index in [0.717, 1.165) is 65.1 Å². The Morgan fingerprint density at radius 1 is 1.29 bits per heavy atom. The number of aromatic nitrogens is 1. The molecule has 6 nitrogen and oxygen atoms in total. The lowest BCUT2D eigenvalue weighted by molar-refractivity contribution is -0.114. The zero-order valence-electron chi connectivity index (χ0n) is 15.7. The topological polar surface area (TPSA) is 81.4 Å². The van der Waals surface area contributed by atoms with Gasteiger partial charge in [-0.3, -0.25) is 9.59 Å². The minimum absolute atomic E-state index is 0.152. The maximum absolute atomic E-state index is 13.2. The number of aldehydes is 1. The maximum atomic E-state index is 13.2. The molecule has 2 bridgehead atoms. The molecule has 4 aliphatic rings. The van der Waals surface area contributed by atoms with Crippen LogP contribution in [-0.2, 0) is 27.4 Å². The molecule has 2 aromatic rings. The lowest BCUT2D eigenvalue weighted by Crippen LogP contribution is -2.33. The highest BCUT2D eigenvalue weighted by Gasteiger charge is 2.38. The van der Waals surface area contributed by atoms with Gasteiger partial charge in [0.05, 0.1) is 24.5 Å². The number of aryl methyl sites for hydroxylation is 1. The Kier molecular flexibility index (Phi) is 4.44. The van der Waals surface area contributed by atoms with E-state index in [9.17, 15) is 9.59 Å². The maximum Gasteiger partial charge on any atom is 0.252 e.